The van der Waals surface area contributed by atoms with Crippen molar-refractivity contribution in [3.8, 4) is 11.5 Å². The van der Waals surface area contributed by atoms with E-state index >= 15 is 0 Å². The molecule has 1 atom stereocenters. The van der Waals surface area contributed by atoms with E-state index in [4.69, 9.17) is 14.2 Å². The van der Waals surface area contributed by atoms with Crippen LogP contribution in [0.15, 0.2) is 82.2 Å². The fraction of sp³-hybridized carbons (Fsp3) is 0.214. The molecule has 0 spiro atoms. The molecule has 0 unspecified atom stereocenters. The Bertz CT molecular complexity index is 1560. The van der Waals surface area contributed by atoms with Gasteiger partial charge in [0.05, 0.1) is 28.5 Å². The Balaban J connectivity index is 1.89. The molecule has 1 aromatic heterocycles. The van der Waals surface area contributed by atoms with Crippen molar-refractivity contribution in [2.45, 2.75) is 26.8 Å². The number of nitrogens with zero attached hydrogens (tertiary/aromatic N) is 2. The highest BCUT2D eigenvalue weighted by Crippen LogP contribution is 2.31. The number of carbonyl (C=O) groups excluding carboxylic acids is 2. The number of thiazole rings is 1. The molecule has 190 valence electrons. The van der Waals surface area contributed by atoms with E-state index in [1.54, 1.807) is 62.4 Å². The van der Waals surface area contributed by atoms with Crippen molar-refractivity contribution in [1.82, 2.24) is 4.57 Å². The minimum absolute atomic E-state index is 0.189. The van der Waals surface area contributed by atoms with Crippen LogP contribution < -0.4 is 24.4 Å². The third-order valence-corrected chi connectivity index (χ3v) is 6.52. The summed E-state index contributed by atoms with van der Waals surface area (Å²) in [7, 11) is 0. The van der Waals surface area contributed by atoms with Gasteiger partial charge in [0.1, 0.15) is 18.1 Å². The van der Waals surface area contributed by atoms with Crippen LogP contribution in [0.4, 0.5) is 0 Å². The summed E-state index contributed by atoms with van der Waals surface area (Å²) >= 11 is 1.19. The van der Waals surface area contributed by atoms with Gasteiger partial charge < -0.3 is 14.2 Å². The van der Waals surface area contributed by atoms with Crippen LogP contribution in [0, 0.1) is 0 Å². The van der Waals surface area contributed by atoms with Gasteiger partial charge in [-0.05, 0) is 43.7 Å². The molecule has 0 amide bonds. The molecule has 4 rings (SSSR count). The third kappa shape index (κ3) is 5.46. The lowest BCUT2D eigenvalue weighted by Gasteiger charge is -2.24. The second-order valence-corrected chi connectivity index (χ2v) is 9.11. The summed E-state index contributed by atoms with van der Waals surface area (Å²) in [6, 6.07) is 13.4. The van der Waals surface area contributed by atoms with E-state index in [1.807, 2.05) is 12.1 Å². The maximum absolute atomic E-state index is 13.7. The van der Waals surface area contributed by atoms with Gasteiger partial charge in [0.15, 0.2) is 4.80 Å². The Hall–Kier alpha value is -4.24. The SMILES string of the molecule is C=CCOc1ccc([C@H]2C(C(=O)OCC)=C(C)N=c3sc(=Cc4ccccc4OC(C)=O)c(=O)n32)cc1. The normalized spacial score (nSPS) is 15.0. The van der Waals surface area contributed by atoms with Crippen LogP contribution in [0.25, 0.3) is 6.08 Å². The Morgan fingerprint density at radius 3 is 2.57 bits per heavy atom. The maximum atomic E-state index is 13.7. The van der Waals surface area contributed by atoms with E-state index in [0.29, 0.717) is 49.8 Å². The van der Waals surface area contributed by atoms with Gasteiger partial charge in [-0.1, -0.05) is 54.3 Å². The molecule has 0 N–H and O–H groups in total. The molecular weight excluding hydrogens is 492 g/mol. The fourth-order valence-corrected chi connectivity index (χ4v) is 5.03. The number of esters is 2. The maximum Gasteiger partial charge on any atom is 0.338 e. The summed E-state index contributed by atoms with van der Waals surface area (Å²) in [5.74, 6) is -0.0137. The van der Waals surface area contributed by atoms with Gasteiger partial charge in [0.25, 0.3) is 5.56 Å². The highest BCUT2D eigenvalue weighted by Gasteiger charge is 2.33. The topological polar surface area (TPSA) is 96.2 Å². The van der Waals surface area contributed by atoms with Crippen LogP contribution in [0.2, 0.25) is 0 Å². The fourth-order valence-electron chi connectivity index (χ4n) is 4.00. The number of para-hydroxylation sites is 1. The van der Waals surface area contributed by atoms with E-state index in [1.165, 1.54) is 22.8 Å². The molecule has 0 bridgehead atoms. The Kier molecular flexibility index (Phi) is 7.83. The third-order valence-electron chi connectivity index (χ3n) is 5.54. The lowest BCUT2D eigenvalue weighted by Crippen LogP contribution is -2.39. The lowest BCUT2D eigenvalue weighted by atomic mass is 9.96. The standard InChI is InChI=1S/C28H26N2O6S/c1-5-15-35-21-13-11-19(12-14-21)25-24(27(33)34-6-2)17(3)29-28-30(25)26(32)23(37-28)16-20-9-7-8-10-22(20)36-18(4)31/h5,7-14,16,25H,1,6,15H2,2-4H3/t25-/m0/s1. The molecule has 0 saturated heterocycles. The van der Waals surface area contributed by atoms with Crippen LogP contribution in [0.1, 0.15) is 37.9 Å². The van der Waals surface area contributed by atoms with Gasteiger partial charge in [-0.3, -0.25) is 14.2 Å². The first-order valence-corrected chi connectivity index (χ1v) is 12.5. The molecule has 8 nitrogen and oxygen atoms in total. The van der Waals surface area contributed by atoms with Crippen molar-refractivity contribution in [3.63, 3.8) is 0 Å². The molecular formula is C28H26N2O6S. The van der Waals surface area contributed by atoms with Crippen LogP contribution >= 0.6 is 11.3 Å². The summed E-state index contributed by atoms with van der Waals surface area (Å²) in [5, 5.41) is 0. The minimum Gasteiger partial charge on any atom is -0.490 e. The first kappa shape index (κ1) is 25.8. The van der Waals surface area contributed by atoms with Crippen LogP contribution in [-0.4, -0.2) is 29.7 Å². The molecule has 1 aliphatic rings. The molecule has 0 saturated carbocycles. The first-order chi connectivity index (χ1) is 17.8. The van der Waals surface area contributed by atoms with Gasteiger partial charge in [-0.25, -0.2) is 9.79 Å². The number of fused-ring (bicyclic) bond motifs is 1. The van der Waals surface area contributed by atoms with Gasteiger partial charge >= 0.3 is 11.9 Å². The van der Waals surface area contributed by atoms with Crippen LogP contribution in [-0.2, 0) is 14.3 Å². The molecule has 0 aliphatic carbocycles. The number of carbonyl (C=O) groups is 2. The van der Waals surface area contributed by atoms with Gasteiger partial charge in [-0.15, -0.1) is 0 Å². The first-order valence-electron chi connectivity index (χ1n) is 11.6. The van der Waals surface area contributed by atoms with Crippen molar-refractivity contribution < 1.29 is 23.8 Å². The molecule has 1 aliphatic heterocycles. The number of hydrogen-bond donors (Lipinski definition) is 0. The van der Waals surface area contributed by atoms with Gasteiger partial charge in [0.2, 0.25) is 0 Å². The van der Waals surface area contributed by atoms with Crippen molar-refractivity contribution in [1.29, 1.82) is 0 Å². The Morgan fingerprint density at radius 1 is 1.16 bits per heavy atom. The van der Waals surface area contributed by atoms with E-state index in [2.05, 4.69) is 11.6 Å². The summed E-state index contributed by atoms with van der Waals surface area (Å²) in [4.78, 5) is 43.3. The highest BCUT2D eigenvalue weighted by atomic mass is 32.1. The smallest absolute Gasteiger partial charge is 0.338 e. The number of allylic oxidation sites excluding steroid dienone is 1. The average Bonchev–Trinajstić information content (AvgIpc) is 3.17. The highest BCUT2D eigenvalue weighted by molar-refractivity contribution is 7.07. The van der Waals surface area contributed by atoms with Gasteiger partial charge in [-0.2, -0.15) is 0 Å². The quantitative estimate of drug-likeness (QED) is 0.258. The van der Waals surface area contributed by atoms with Crippen molar-refractivity contribution in [2.75, 3.05) is 13.2 Å². The molecule has 0 radical (unpaired) electrons. The lowest BCUT2D eigenvalue weighted by molar-refractivity contribution is -0.139. The second-order valence-electron chi connectivity index (χ2n) is 8.10. The summed E-state index contributed by atoms with van der Waals surface area (Å²) in [6.07, 6.45) is 3.31. The second kappa shape index (κ2) is 11.2. The van der Waals surface area contributed by atoms with Gasteiger partial charge in [0, 0.05) is 12.5 Å². The number of hydrogen-bond acceptors (Lipinski definition) is 8. The molecule has 0 fully saturated rings. The Labute approximate surface area is 217 Å². The number of aromatic nitrogens is 1. The zero-order valence-electron chi connectivity index (χ0n) is 20.7. The molecule has 3 aromatic rings. The van der Waals surface area contributed by atoms with Crippen LogP contribution in [0.3, 0.4) is 0 Å². The minimum atomic E-state index is -0.741. The molecule has 37 heavy (non-hydrogen) atoms. The van der Waals surface area contributed by atoms with E-state index < -0.39 is 18.0 Å². The summed E-state index contributed by atoms with van der Waals surface area (Å²) in [6.45, 7) is 8.97. The average molecular weight is 519 g/mol. The predicted molar refractivity (Wildman–Crippen MR) is 140 cm³/mol. The predicted octanol–water partition coefficient (Wildman–Crippen LogP) is 3.29. The monoisotopic (exact) mass is 518 g/mol. The van der Waals surface area contributed by atoms with Crippen molar-refractivity contribution in [3.05, 3.63) is 103 Å². The Morgan fingerprint density at radius 2 is 1.89 bits per heavy atom. The van der Waals surface area contributed by atoms with Crippen molar-refractivity contribution >= 4 is 29.4 Å². The van der Waals surface area contributed by atoms with E-state index in [0.717, 1.165) is 0 Å². The number of benzene rings is 2. The van der Waals surface area contributed by atoms with Crippen LogP contribution in [0.5, 0.6) is 11.5 Å². The molecule has 9 heteroatoms. The zero-order valence-corrected chi connectivity index (χ0v) is 21.5. The van der Waals surface area contributed by atoms with E-state index in [9.17, 15) is 14.4 Å². The number of ether oxygens (including phenoxy) is 3. The summed E-state index contributed by atoms with van der Waals surface area (Å²) < 4.78 is 18.1. The zero-order chi connectivity index (χ0) is 26.5. The van der Waals surface area contributed by atoms with E-state index in [-0.39, 0.29) is 12.2 Å². The summed E-state index contributed by atoms with van der Waals surface area (Å²) in [5.41, 5.74) is 1.72. The molecule has 2 aromatic carbocycles. The molecule has 2 heterocycles. The van der Waals surface area contributed by atoms with Crippen molar-refractivity contribution in [2.24, 2.45) is 4.99 Å². The largest absolute Gasteiger partial charge is 0.490 e. The number of rotatable bonds is 8.